The number of benzene rings is 1. The van der Waals surface area contributed by atoms with E-state index in [-0.39, 0.29) is 24.3 Å². The van der Waals surface area contributed by atoms with Crippen LogP contribution in [0.15, 0.2) is 39.5 Å². The predicted octanol–water partition coefficient (Wildman–Crippen LogP) is 3.81. The summed E-state index contributed by atoms with van der Waals surface area (Å²) in [5.41, 5.74) is 1.39. The molecule has 0 unspecified atom stereocenters. The summed E-state index contributed by atoms with van der Waals surface area (Å²) >= 11 is 7.43. The number of aromatic nitrogens is 2. The van der Waals surface area contributed by atoms with E-state index in [9.17, 15) is 9.59 Å². The highest BCUT2D eigenvalue weighted by Gasteiger charge is 2.16. The molecular formula is C17H14ClN3O4S. The summed E-state index contributed by atoms with van der Waals surface area (Å²) in [6.45, 7) is 0. The molecule has 134 valence electrons. The lowest BCUT2D eigenvalue weighted by molar-refractivity contribution is -0.116. The zero-order valence-corrected chi connectivity index (χ0v) is 15.3. The lowest BCUT2D eigenvalue weighted by Gasteiger charge is -2.09. The molecule has 3 aromatic rings. The molecule has 7 nitrogen and oxygen atoms in total. The van der Waals surface area contributed by atoms with Crippen LogP contribution in [0.1, 0.15) is 22.7 Å². The van der Waals surface area contributed by atoms with Crippen LogP contribution >= 0.6 is 22.9 Å². The zero-order valence-electron chi connectivity index (χ0n) is 13.7. The van der Waals surface area contributed by atoms with Crippen molar-refractivity contribution >= 4 is 40.5 Å². The molecule has 0 saturated carbocycles. The number of anilines is 1. The largest absolute Gasteiger partial charge is 0.465 e. The second-order valence-corrected chi connectivity index (χ2v) is 6.47. The summed E-state index contributed by atoms with van der Waals surface area (Å²) in [5, 5.41) is 10.8. The Kier molecular flexibility index (Phi) is 5.65. The number of amides is 1. The monoisotopic (exact) mass is 391 g/mol. The molecule has 2 aromatic heterocycles. The first-order valence-corrected chi connectivity index (χ1v) is 8.92. The fourth-order valence-electron chi connectivity index (χ4n) is 2.20. The molecule has 3 rings (SSSR count). The van der Waals surface area contributed by atoms with Crippen molar-refractivity contribution in [3.63, 3.8) is 0 Å². The van der Waals surface area contributed by atoms with E-state index in [1.165, 1.54) is 24.5 Å². The van der Waals surface area contributed by atoms with Crippen LogP contribution in [0.5, 0.6) is 0 Å². The van der Waals surface area contributed by atoms with Crippen LogP contribution in [0.4, 0.5) is 5.69 Å². The van der Waals surface area contributed by atoms with Gasteiger partial charge < -0.3 is 14.6 Å². The average Bonchev–Trinajstić information content (AvgIpc) is 3.32. The number of carbonyl (C=O) groups excluding carboxylic acids is 2. The molecule has 0 bridgehead atoms. The van der Waals surface area contributed by atoms with Gasteiger partial charge in [0.25, 0.3) is 0 Å². The minimum absolute atomic E-state index is 0.120. The van der Waals surface area contributed by atoms with Crippen molar-refractivity contribution in [2.45, 2.75) is 12.8 Å². The van der Waals surface area contributed by atoms with Gasteiger partial charge in [-0.1, -0.05) is 16.8 Å². The van der Waals surface area contributed by atoms with E-state index in [1.54, 1.807) is 12.1 Å². The van der Waals surface area contributed by atoms with E-state index < -0.39 is 5.97 Å². The first-order chi connectivity index (χ1) is 12.6. The van der Waals surface area contributed by atoms with Crippen LogP contribution in [0.25, 0.3) is 11.4 Å². The molecule has 1 amide bonds. The maximum atomic E-state index is 12.2. The summed E-state index contributed by atoms with van der Waals surface area (Å²) < 4.78 is 9.86. The number of hydrogen-bond donors (Lipinski definition) is 1. The Bertz CT molecular complexity index is 924. The topological polar surface area (TPSA) is 94.3 Å². The maximum absolute atomic E-state index is 12.2. The lowest BCUT2D eigenvalue weighted by Crippen LogP contribution is -2.15. The van der Waals surface area contributed by atoms with Crippen LogP contribution in [0.2, 0.25) is 5.02 Å². The number of aryl methyl sites for hydroxylation is 1. The minimum atomic E-state index is -0.583. The van der Waals surface area contributed by atoms with Crippen molar-refractivity contribution < 1.29 is 18.8 Å². The number of ether oxygens (including phenoxy) is 1. The summed E-state index contributed by atoms with van der Waals surface area (Å²) in [6, 6.07) is 6.46. The first kappa shape index (κ1) is 18.1. The SMILES string of the molecule is COC(=O)c1cc(Cl)ccc1NC(=O)CCc1nc(-c2ccsc2)no1. The van der Waals surface area contributed by atoms with Crippen molar-refractivity contribution in [1.29, 1.82) is 0 Å². The summed E-state index contributed by atoms with van der Waals surface area (Å²) in [6.07, 6.45) is 0.401. The quantitative estimate of drug-likeness (QED) is 0.642. The Morgan fingerprint density at radius 2 is 2.19 bits per heavy atom. The van der Waals surface area contributed by atoms with Gasteiger partial charge in [-0.2, -0.15) is 16.3 Å². The number of rotatable bonds is 6. The molecule has 2 heterocycles. The summed E-state index contributed by atoms with van der Waals surface area (Å²) in [7, 11) is 1.26. The van der Waals surface area contributed by atoms with Gasteiger partial charge in [0.15, 0.2) is 0 Å². The predicted molar refractivity (Wildman–Crippen MR) is 97.4 cm³/mol. The Hall–Kier alpha value is -2.71. The maximum Gasteiger partial charge on any atom is 0.340 e. The molecule has 9 heteroatoms. The molecule has 26 heavy (non-hydrogen) atoms. The third-order valence-corrected chi connectivity index (χ3v) is 4.39. The normalized spacial score (nSPS) is 10.5. The zero-order chi connectivity index (χ0) is 18.5. The van der Waals surface area contributed by atoms with Crippen molar-refractivity contribution in [2.75, 3.05) is 12.4 Å². The molecule has 1 N–H and O–H groups in total. The van der Waals surface area contributed by atoms with Gasteiger partial charge >= 0.3 is 5.97 Å². The molecule has 0 aliphatic heterocycles. The standard InChI is InChI=1S/C17H14ClN3O4S/c1-24-17(23)12-8-11(18)2-3-13(12)19-14(22)4-5-15-20-16(21-25-15)10-6-7-26-9-10/h2-3,6-9H,4-5H2,1H3,(H,19,22). The molecule has 0 aliphatic carbocycles. The molecule has 0 spiro atoms. The Balaban J connectivity index is 1.62. The molecule has 0 atom stereocenters. The fourth-order valence-corrected chi connectivity index (χ4v) is 3.01. The highest BCUT2D eigenvalue weighted by molar-refractivity contribution is 7.08. The second-order valence-electron chi connectivity index (χ2n) is 5.25. The third kappa shape index (κ3) is 4.27. The number of nitrogens with one attached hydrogen (secondary N) is 1. The number of hydrogen-bond acceptors (Lipinski definition) is 7. The van der Waals surface area contributed by atoms with Crippen LogP contribution in [-0.4, -0.2) is 29.1 Å². The van der Waals surface area contributed by atoms with E-state index >= 15 is 0 Å². The lowest BCUT2D eigenvalue weighted by atomic mass is 10.1. The van der Waals surface area contributed by atoms with Gasteiger partial charge in [0.1, 0.15) is 0 Å². The van der Waals surface area contributed by atoms with E-state index in [2.05, 4.69) is 15.5 Å². The van der Waals surface area contributed by atoms with Crippen LogP contribution in [0.3, 0.4) is 0 Å². The van der Waals surface area contributed by atoms with Gasteiger partial charge in [0.05, 0.1) is 18.4 Å². The Morgan fingerprint density at radius 1 is 1.35 bits per heavy atom. The Morgan fingerprint density at radius 3 is 2.92 bits per heavy atom. The van der Waals surface area contributed by atoms with Gasteiger partial charge in [-0.3, -0.25) is 4.79 Å². The number of nitrogens with zero attached hydrogens (tertiary/aromatic N) is 2. The van der Waals surface area contributed by atoms with E-state index in [0.29, 0.717) is 22.4 Å². The minimum Gasteiger partial charge on any atom is -0.465 e. The van der Waals surface area contributed by atoms with Gasteiger partial charge in [-0.25, -0.2) is 4.79 Å². The van der Waals surface area contributed by atoms with E-state index in [0.717, 1.165) is 5.56 Å². The van der Waals surface area contributed by atoms with Crippen molar-refractivity contribution in [1.82, 2.24) is 10.1 Å². The second kappa shape index (κ2) is 8.11. The van der Waals surface area contributed by atoms with Crippen LogP contribution < -0.4 is 5.32 Å². The van der Waals surface area contributed by atoms with Crippen molar-refractivity contribution in [3.05, 3.63) is 51.5 Å². The molecule has 0 fully saturated rings. The molecule has 0 aliphatic rings. The number of carbonyl (C=O) groups is 2. The van der Waals surface area contributed by atoms with Crippen LogP contribution in [0, 0.1) is 0 Å². The van der Waals surface area contributed by atoms with Gasteiger partial charge in [-0.15, -0.1) is 0 Å². The number of thiophene rings is 1. The van der Waals surface area contributed by atoms with Gasteiger partial charge in [0.2, 0.25) is 17.6 Å². The molecule has 1 aromatic carbocycles. The summed E-state index contributed by atoms with van der Waals surface area (Å²) in [4.78, 5) is 28.2. The number of esters is 1. The van der Waals surface area contributed by atoms with Gasteiger partial charge in [-0.05, 0) is 29.6 Å². The van der Waals surface area contributed by atoms with E-state index in [1.807, 2.05) is 16.8 Å². The highest BCUT2D eigenvalue weighted by Crippen LogP contribution is 2.22. The third-order valence-electron chi connectivity index (χ3n) is 3.47. The Labute approximate surface area is 157 Å². The first-order valence-electron chi connectivity index (χ1n) is 7.59. The number of halogens is 1. The van der Waals surface area contributed by atoms with Crippen molar-refractivity contribution in [2.24, 2.45) is 0 Å². The smallest absolute Gasteiger partial charge is 0.340 e. The highest BCUT2D eigenvalue weighted by atomic mass is 35.5. The average molecular weight is 392 g/mol. The molecule has 0 radical (unpaired) electrons. The van der Waals surface area contributed by atoms with Crippen molar-refractivity contribution in [3.8, 4) is 11.4 Å². The van der Waals surface area contributed by atoms with E-state index in [4.69, 9.17) is 20.9 Å². The van der Waals surface area contributed by atoms with Gasteiger partial charge in [0, 0.05) is 28.8 Å². The molecular weight excluding hydrogens is 378 g/mol. The fraction of sp³-hybridized carbons (Fsp3) is 0.176. The molecule has 0 saturated heterocycles. The van der Waals surface area contributed by atoms with Crippen LogP contribution in [-0.2, 0) is 16.0 Å². The number of methoxy groups -OCH3 is 1. The summed E-state index contributed by atoms with van der Waals surface area (Å²) in [5.74, 6) is -0.0224.